The quantitative estimate of drug-likeness (QED) is 0.768. The first-order valence-corrected chi connectivity index (χ1v) is 7.74. The first kappa shape index (κ1) is 16.2. The van der Waals surface area contributed by atoms with Crippen molar-refractivity contribution in [2.45, 2.75) is 26.4 Å². The van der Waals surface area contributed by atoms with Gasteiger partial charge in [0.1, 0.15) is 5.75 Å². The zero-order valence-electron chi connectivity index (χ0n) is 13.9. The van der Waals surface area contributed by atoms with E-state index in [9.17, 15) is 9.90 Å². The Bertz CT molecular complexity index is 912. The van der Waals surface area contributed by atoms with Gasteiger partial charge in [-0.3, -0.25) is 9.48 Å². The van der Waals surface area contributed by atoms with Gasteiger partial charge in [-0.05, 0) is 31.5 Å². The van der Waals surface area contributed by atoms with Crippen molar-refractivity contribution in [3.63, 3.8) is 0 Å². The number of methoxy groups -OCH3 is 1. The van der Waals surface area contributed by atoms with Crippen LogP contribution in [0.2, 0.25) is 0 Å². The fraction of sp³-hybridized carbons (Fsp3) is 0.353. The van der Waals surface area contributed by atoms with Crippen molar-refractivity contribution in [3.05, 3.63) is 52.1 Å². The summed E-state index contributed by atoms with van der Waals surface area (Å²) in [6.45, 7) is 3.96. The molecule has 0 bridgehead atoms. The molecular formula is C17H20N4O3. The summed E-state index contributed by atoms with van der Waals surface area (Å²) < 4.78 is 8.21. The van der Waals surface area contributed by atoms with Gasteiger partial charge in [-0.25, -0.2) is 4.68 Å². The number of aryl methyl sites for hydroxylation is 1. The van der Waals surface area contributed by atoms with Crippen LogP contribution in [0.3, 0.4) is 0 Å². The van der Waals surface area contributed by atoms with E-state index < -0.39 is 0 Å². The number of nitrogens with zero attached hydrogens (tertiary/aromatic N) is 4. The van der Waals surface area contributed by atoms with Gasteiger partial charge in [0.25, 0.3) is 5.56 Å². The molecule has 7 heteroatoms. The molecule has 7 nitrogen and oxygen atoms in total. The standard InChI is InChI=1S/C17H20N4O3/c1-11(10-22)21-15-8-18-20(17(23)16(15)12(2)19-21)9-13-4-6-14(24-3)7-5-13/h4-8,11,22H,9-10H2,1-3H3. The van der Waals surface area contributed by atoms with Gasteiger partial charge < -0.3 is 9.84 Å². The molecular weight excluding hydrogens is 308 g/mol. The molecule has 3 rings (SSSR count). The molecule has 0 amide bonds. The van der Waals surface area contributed by atoms with Gasteiger partial charge in [0.15, 0.2) is 0 Å². The summed E-state index contributed by atoms with van der Waals surface area (Å²) in [7, 11) is 1.61. The number of aliphatic hydroxyl groups is 1. The van der Waals surface area contributed by atoms with E-state index in [0.717, 1.165) is 11.3 Å². The van der Waals surface area contributed by atoms with Crippen LogP contribution < -0.4 is 10.3 Å². The van der Waals surface area contributed by atoms with Crippen LogP contribution in [0.4, 0.5) is 0 Å². The minimum Gasteiger partial charge on any atom is -0.497 e. The minimum absolute atomic E-state index is 0.0504. The van der Waals surface area contributed by atoms with Gasteiger partial charge in [-0.1, -0.05) is 12.1 Å². The molecule has 126 valence electrons. The highest BCUT2D eigenvalue weighted by Gasteiger charge is 2.16. The summed E-state index contributed by atoms with van der Waals surface area (Å²) in [5.41, 5.74) is 2.06. The maximum atomic E-state index is 12.8. The number of benzene rings is 1. The SMILES string of the molecule is COc1ccc(Cn2ncc3c(c(C)nn3C(C)CO)c2=O)cc1. The molecule has 0 saturated heterocycles. The number of fused-ring (bicyclic) bond motifs is 1. The third-order valence-electron chi connectivity index (χ3n) is 4.06. The lowest BCUT2D eigenvalue weighted by Crippen LogP contribution is -2.23. The first-order valence-electron chi connectivity index (χ1n) is 7.74. The maximum absolute atomic E-state index is 12.8. The first-order chi connectivity index (χ1) is 11.5. The van der Waals surface area contributed by atoms with Crippen LogP contribution in [0.25, 0.3) is 10.9 Å². The Hall–Kier alpha value is -2.67. The van der Waals surface area contributed by atoms with Crippen molar-refractivity contribution in [1.29, 1.82) is 0 Å². The van der Waals surface area contributed by atoms with Crippen LogP contribution in [-0.4, -0.2) is 38.4 Å². The summed E-state index contributed by atoms with van der Waals surface area (Å²) in [5.74, 6) is 0.768. The second-order valence-corrected chi connectivity index (χ2v) is 5.78. The van der Waals surface area contributed by atoms with Crippen molar-refractivity contribution in [3.8, 4) is 5.75 Å². The highest BCUT2D eigenvalue weighted by atomic mass is 16.5. The fourth-order valence-electron chi connectivity index (χ4n) is 2.69. The van der Waals surface area contributed by atoms with Gasteiger partial charge in [0.2, 0.25) is 0 Å². The molecule has 24 heavy (non-hydrogen) atoms. The predicted octanol–water partition coefficient (Wildman–Crippen LogP) is 1.51. The van der Waals surface area contributed by atoms with E-state index >= 15 is 0 Å². The molecule has 0 fully saturated rings. The molecule has 0 saturated carbocycles. The molecule has 1 atom stereocenters. The van der Waals surface area contributed by atoms with E-state index in [1.807, 2.05) is 31.2 Å². The molecule has 2 heterocycles. The Morgan fingerprint density at radius 2 is 2.00 bits per heavy atom. The largest absolute Gasteiger partial charge is 0.497 e. The van der Waals surface area contributed by atoms with Crippen LogP contribution in [0, 0.1) is 6.92 Å². The normalized spacial score (nSPS) is 12.5. The molecule has 1 aromatic carbocycles. The molecule has 3 aromatic rings. The number of hydrogen-bond donors (Lipinski definition) is 1. The molecule has 1 N–H and O–H groups in total. The van der Waals surface area contributed by atoms with E-state index in [1.54, 1.807) is 24.9 Å². The van der Waals surface area contributed by atoms with E-state index in [2.05, 4.69) is 10.2 Å². The monoisotopic (exact) mass is 328 g/mol. The second kappa shape index (κ2) is 6.45. The smallest absolute Gasteiger partial charge is 0.278 e. The number of aromatic nitrogens is 4. The van der Waals surface area contributed by atoms with Gasteiger partial charge in [-0.15, -0.1) is 0 Å². The third-order valence-corrected chi connectivity index (χ3v) is 4.06. The average molecular weight is 328 g/mol. The molecule has 1 unspecified atom stereocenters. The zero-order chi connectivity index (χ0) is 17.3. The van der Waals surface area contributed by atoms with Crippen LogP contribution in [-0.2, 0) is 6.54 Å². The molecule has 2 aromatic heterocycles. The van der Waals surface area contributed by atoms with Crippen molar-refractivity contribution in [1.82, 2.24) is 19.6 Å². The number of aliphatic hydroxyl groups excluding tert-OH is 1. The highest BCUT2D eigenvalue weighted by molar-refractivity contribution is 5.80. The Balaban J connectivity index is 2.02. The maximum Gasteiger partial charge on any atom is 0.278 e. The Kier molecular flexibility index (Phi) is 4.35. The molecule has 0 aliphatic rings. The molecule has 0 aliphatic heterocycles. The van der Waals surface area contributed by atoms with Crippen molar-refractivity contribution in [2.75, 3.05) is 13.7 Å². The summed E-state index contributed by atoms with van der Waals surface area (Å²) in [4.78, 5) is 12.8. The third kappa shape index (κ3) is 2.78. The van der Waals surface area contributed by atoms with E-state index in [-0.39, 0.29) is 18.2 Å². The van der Waals surface area contributed by atoms with E-state index in [0.29, 0.717) is 23.1 Å². The Morgan fingerprint density at radius 1 is 1.29 bits per heavy atom. The van der Waals surface area contributed by atoms with Crippen molar-refractivity contribution >= 4 is 10.9 Å². The van der Waals surface area contributed by atoms with Crippen molar-refractivity contribution < 1.29 is 9.84 Å². The summed E-state index contributed by atoms with van der Waals surface area (Å²) in [6.07, 6.45) is 1.63. The van der Waals surface area contributed by atoms with Gasteiger partial charge in [0, 0.05) is 0 Å². The van der Waals surface area contributed by atoms with Crippen LogP contribution in [0.1, 0.15) is 24.2 Å². The van der Waals surface area contributed by atoms with E-state index in [4.69, 9.17) is 4.74 Å². The molecule has 0 aliphatic carbocycles. The number of hydrogen-bond acceptors (Lipinski definition) is 5. The van der Waals surface area contributed by atoms with Crippen molar-refractivity contribution in [2.24, 2.45) is 0 Å². The summed E-state index contributed by atoms with van der Waals surface area (Å²) in [5, 5.41) is 18.5. The lowest BCUT2D eigenvalue weighted by atomic mass is 10.2. The average Bonchev–Trinajstić information content (AvgIpc) is 2.94. The highest BCUT2D eigenvalue weighted by Crippen LogP contribution is 2.18. The number of ether oxygens (including phenoxy) is 1. The lowest BCUT2D eigenvalue weighted by molar-refractivity contribution is 0.232. The van der Waals surface area contributed by atoms with Gasteiger partial charge >= 0.3 is 0 Å². The van der Waals surface area contributed by atoms with Crippen LogP contribution in [0.5, 0.6) is 5.75 Å². The zero-order valence-corrected chi connectivity index (χ0v) is 13.9. The second-order valence-electron chi connectivity index (χ2n) is 5.78. The number of rotatable bonds is 5. The summed E-state index contributed by atoms with van der Waals surface area (Å²) >= 11 is 0. The van der Waals surface area contributed by atoms with Crippen LogP contribution >= 0.6 is 0 Å². The van der Waals surface area contributed by atoms with E-state index in [1.165, 1.54) is 4.68 Å². The Labute approximate surface area is 139 Å². The molecule has 0 radical (unpaired) electrons. The molecule has 0 spiro atoms. The predicted molar refractivity (Wildman–Crippen MR) is 90.4 cm³/mol. The minimum atomic E-state index is -0.208. The Morgan fingerprint density at radius 3 is 2.62 bits per heavy atom. The lowest BCUT2D eigenvalue weighted by Gasteiger charge is -2.10. The van der Waals surface area contributed by atoms with Gasteiger partial charge in [0.05, 0.1) is 49.1 Å². The topological polar surface area (TPSA) is 82.2 Å². The summed E-state index contributed by atoms with van der Waals surface area (Å²) in [6, 6.07) is 7.30. The fourth-order valence-corrected chi connectivity index (χ4v) is 2.69. The van der Waals surface area contributed by atoms with Crippen LogP contribution in [0.15, 0.2) is 35.3 Å². The van der Waals surface area contributed by atoms with Gasteiger partial charge in [-0.2, -0.15) is 10.2 Å².